The fraction of sp³-hybridized carbons (Fsp3) is 0.122. The number of hydrogen-bond acceptors (Lipinski definition) is 8. The molecule has 8 nitrogen and oxygen atoms in total. The van der Waals surface area contributed by atoms with Crippen molar-refractivity contribution in [1.82, 2.24) is 0 Å². The molecular formula is C82H68BBrN2O6S2. The maximum absolute atomic E-state index is 13.4. The Kier molecular flexibility index (Phi) is 16.4. The van der Waals surface area contributed by atoms with Crippen molar-refractivity contribution >= 4 is 82.3 Å². The van der Waals surface area contributed by atoms with E-state index in [0.717, 1.165) is 76.9 Å². The molecule has 0 amide bonds. The van der Waals surface area contributed by atoms with Crippen molar-refractivity contribution in [3.63, 3.8) is 0 Å². The summed E-state index contributed by atoms with van der Waals surface area (Å²) in [7, 11) is -7.28. The number of anilines is 6. The third-order valence-corrected chi connectivity index (χ3v) is 22.9. The topological polar surface area (TPSA) is 93.2 Å². The molecule has 0 N–H and O–H groups in total. The summed E-state index contributed by atoms with van der Waals surface area (Å²) in [6.45, 7) is 14.4. The van der Waals surface area contributed by atoms with E-state index in [1.807, 2.05) is 117 Å². The van der Waals surface area contributed by atoms with E-state index < -0.39 is 19.7 Å². The first-order valence-electron chi connectivity index (χ1n) is 31.7. The maximum Gasteiger partial charge on any atom is 0.493 e. The highest BCUT2D eigenvalue weighted by molar-refractivity contribution is 9.10. The number of hydrogen-bond donors (Lipinski definition) is 0. The molecule has 464 valence electrons. The predicted molar refractivity (Wildman–Crippen MR) is 387 cm³/mol. The minimum Gasteiger partial charge on any atom is -0.408 e. The van der Waals surface area contributed by atoms with Gasteiger partial charge in [-0.25, -0.2) is 16.8 Å². The number of halogens is 1. The van der Waals surface area contributed by atoms with Crippen LogP contribution in [0.1, 0.15) is 63.8 Å². The van der Waals surface area contributed by atoms with E-state index in [9.17, 15) is 16.8 Å². The first-order chi connectivity index (χ1) is 45.5. The lowest BCUT2D eigenvalue weighted by molar-refractivity contribution is 0.225. The molecule has 12 aromatic rings. The fourth-order valence-corrected chi connectivity index (χ4v) is 17.6. The van der Waals surface area contributed by atoms with Crippen LogP contribution in [0.25, 0.3) is 55.6 Å². The molecule has 0 atom stereocenters. The van der Waals surface area contributed by atoms with Gasteiger partial charge in [0.25, 0.3) is 0 Å². The Morgan fingerprint density at radius 3 is 0.979 bits per heavy atom. The smallest absolute Gasteiger partial charge is 0.408 e. The Morgan fingerprint density at radius 2 is 0.628 bits per heavy atom. The minimum absolute atomic E-state index is 0.0430. The van der Waals surface area contributed by atoms with Gasteiger partial charge in [-0.2, -0.15) is 0 Å². The third kappa shape index (κ3) is 10.9. The van der Waals surface area contributed by atoms with Crippen LogP contribution in [-0.4, -0.2) is 37.2 Å². The summed E-state index contributed by atoms with van der Waals surface area (Å²) in [6.07, 6.45) is 0. The van der Waals surface area contributed by atoms with Gasteiger partial charge in [0.1, 0.15) is 0 Å². The Bertz CT molecular complexity index is 5020. The van der Waals surface area contributed by atoms with Gasteiger partial charge < -0.3 is 19.1 Å². The number of para-hydroxylation sites is 4. The van der Waals surface area contributed by atoms with E-state index in [2.05, 4.69) is 199 Å². The van der Waals surface area contributed by atoms with E-state index in [0.29, 0.717) is 32.8 Å². The van der Waals surface area contributed by atoms with Crippen LogP contribution < -0.4 is 15.3 Å². The van der Waals surface area contributed by atoms with E-state index in [4.69, 9.17) is 9.31 Å². The molecule has 12 heteroatoms. The van der Waals surface area contributed by atoms with E-state index in [1.165, 1.54) is 45.0 Å². The summed E-state index contributed by atoms with van der Waals surface area (Å²) >= 11 is 3.42. The van der Waals surface area contributed by atoms with E-state index >= 15 is 0 Å². The molecule has 0 saturated heterocycles. The molecule has 0 aliphatic carbocycles. The van der Waals surface area contributed by atoms with Crippen molar-refractivity contribution in [2.75, 3.05) is 23.0 Å². The molecule has 0 aromatic heterocycles. The number of rotatable bonds is 10. The molecule has 4 aliphatic heterocycles. The summed E-state index contributed by atoms with van der Waals surface area (Å²) in [4.78, 5) is 6.22. The first kappa shape index (κ1) is 62.1. The van der Waals surface area contributed by atoms with Crippen LogP contribution in [0.15, 0.2) is 303 Å². The second-order valence-corrected chi connectivity index (χ2v) is 29.6. The summed E-state index contributed by atoms with van der Waals surface area (Å²) < 4.78 is 64.5. The molecule has 16 rings (SSSR count). The van der Waals surface area contributed by atoms with Gasteiger partial charge in [0, 0.05) is 62.1 Å². The molecule has 4 heterocycles. The van der Waals surface area contributed by atoms with Crippen LogP contribution in [0, 0.1) is 0 Å². The maximum atomic E-state index is 13.4. The molecule has 12 aromatic carbocycles. The molecule has 94 heavy (non-hydrogen) atoms. The van der Waals surface area contributed by atoms with Crippen LogP contribution in [0.5, 0.6) is 0 Å². The van der Waals surface area contributed by atoms with Gasteiger partial charge in [0.2, 0.25) is 19.7 Å². The molecule has 0 saturated carbocycles. The van der Waals surface area contributed by atoms with Crippen LogP contribution in [0.3, 0.4) is 0 Å². The number of nitrogens with zero attached hydrogens (tertiary/aromatic N) is 2. The SMILES string of the molecule is CC1(C)c2ccccc2N(c2ccc(-c3ccc4c(c3)-c3cc(-c5ccccc5)ccc3S4(=O)=O)cc2)c2ccccc21.CCOB(OCC)c1ccc(N2c3ccccc3C(C)(C)c3ccccc32)cc1.O=S1(=O)c2ccc(Br)cc2-c2cc(-c3ccccc3)ccc21. The minimum atomic E-state index is -3.56. The highest BCUT2D eigenvalue weighted by Crippen LogP contribution is 2.54. The molecule has 4 aliphatic rings. The number of benzene rings is 12. The van der Waals surface area contributed by atoms with Gasteiger partial charge in [-0.1, -0.05) is 220 Å². The lowest BCUT2D eigenvalue weighted by Gasteiger charge is -2.42. The summed E-state index contributed by atoms with van der Waals surface area (Å²) in [6, 6.07) is 94.0. The molecular weight excluding hydrogens is 1260 g/mol. The first-order valence-corrected chi connectivity index (χ1v) is 35.5. The van der Waals surface area contributed by atoms with Crippen molar-refractivity contribution in [2.24, 2.45) is 0 Å². The molecule has 0 unspecified atom stereocenters. The molecule has 0 bridgehead atoms. The second-order valence-electron chi connectivity index (χ2n) is 24.9. The van der Waals surface area contributed by atoms with E-state index in [-0.39, 0.29) is 17.9 Å². The van der Waals surface area contributed by atoms with Gasteiger partial charge in [-0.15, -0.1) is 0 Å². The monoisotopic (exact) mass is 1330 g/mol. The van der Waals surface area contributed by atoms with Crippen molar-refractivity contribution < 1.29 is 26.1 Å². The highest BCUT2D eigenvalue weighted by atomic mass is 79.9. The van der Waals surface area contributed by atoms with Crippen LogP contribution in [0.2, 0.25) is 0 Å². The molecule has 0 fully saturated rings. The third-order valence-electron chi connectivity index (χ3n) is 18.6. The van der Waals surface area contributed by atoms with Crippen molar-refractivity contribution in [3.8, 4) is 55.6 Å². The van der Waals surface area contributed by atoms with Crippen molar-refractivity contribution in [2.45, 2.75) is 72.0 Å². The van der Waals surface area contributed by atoms with Crippen molar-refractivity contribution in [3.05, 3.63) is 306 Å². The zero-order chi connectivity index (χ0) is 65.1. The molecule has 0 radical (unpaired) electrons. The van der Waals surface area contributed by atoms with Crippen LogP contribution in [-0.2, 0) is 39.8 Å². The Hall–Kier alpha value is -9.40. The number of sulfone groups is 2. The van der Waals surface area contributed by atoms with Gasteiger partial charge in [0.15, 0.2) is 0 Å². The van der Waals surface area contributed by atoms with E-state index in [1.54, 1.807) is 30.3 Å². The lowest BCUT2D eigenvalue weighted by Crippen LogP contribution is -2.37. The molecule has 0 spiro atoms. The second kappa shape index (κ2) is 24.8. The lowest BCUT2D eigenvalue weighted by atomic mass is 9.73. The Balaban J connectivity index is 0.000000130. The number of fused-ring (bicyclic) bond motifs is 10. The summed E-state index contributed by atoms with van der Waals surface area (Å²) in [5, 5.41) is 0. The largest absolute Gasteiger partial charge is 0.493 e. The Morgan fingerprint density at radius 1 is 0.340 bits per heavy atom. The standard InChI is InChI=1S/C39H29NO2S.C25H28BNO2.C18H11BrO2S/c1-39(2)33-12-6-8-14-35(33)40(36-15-9-7-13-34(36)39)30-20-16-27(17-21-30)29-19-23-38-32(25-29)31-24-28(26-10-4-3-5-11-26)18-22-37(31)43(38,41)42;1-5-28-26(29-6-2)19-15-17-20(18-16-19)27-23-13-9-7-11-21(23)25(3,4)22-12-8-10-14-24(22)27;19-14-7-9-18-16(11-14)15-10-13(12-4-2-1-3-5-12)6-8-17(15)22(18,20)21/h3-25H,1-2H3;7-18H,5-6H2,1-4H3;1-11H. The van der Waals surface area contributed by atoms with Gasteiger partial charge >= 0.3 is 7.12 Å². The van der Waals surface area contributed by atoms with Gasteiger partial charge in [0.05, 0.1) is 42.3 Å². The fourth-order valence-electron chi connectivity index (χ4n) is 13.9. The predicted octanol–water partition coefficient (Wildman–Crippen LogP) is 20.4. The van der Waals surface area contributed by atoms with Crippen LogP contribution >= 0.6 is 15.9 Å². The van der Waals surface area contributed by atoms with Gasteiger partial charge in [-0.3, -0.25) is 0 Å². The average molecular weight is 1330 g/mol. The zero-order valence-electron chi connectivity index (χ0n) is 53.1. The van der Waals surface area contributed by atoms with Gasteiger partial charge in [-0.05, 0) is 178 Å². The normalized spacial score (nSPS) is 14.8. The summed E-state index contributed by atoms with van der Waals surface area (Å²) in [5.74, 6) is 0. The summed E-state index contributed by atoms with van der Waals surface area (Å²) in [5.41, 5.74) is 22.5. The Labute approximate surface area is 560 Å². The zero-order valence-corrected chi connectivity index (χ0v) is 56.3. The van der Waals surface area contributed by atoms with Crippen LogP contribution in [0.4, 0.5) is 34.1 Å². The van der Waals surface area contributed by atoms with Crippen molar-refractivity contribution in [1.29, 1.82) is 0 Å². The quantitative estimate of drug-likeness (QED) is 0.125. The average Bonchev–Trinajstić information content (AvgIpc) is 0.850. The highest BCUT2D eigenvalue weighted by Gasteiger charge is 2.39.